The first-order chi connectivity index (χ1) is 9.70. The normalized spacial score (nSPS) is 11.3. The number of aryl methyl sites for hydroxylation is 2. The van der Waals surface area contributed by atoms with Crippen LogP contribution in [0, 0.1) is 13.8 Å². The van der Waals surface area contributed by atoms with E-state index in [9.17, 15) is 18.3 Å². The standard InChI is InChI=1S/C12H12N2O5S2/c1-6-12(20-7(2)13-6)21(18,19)14-8-3-4-9(11(16)17)10(15)5-8/h3-5,14-15H,1-2H3,(H,16,17). The fourth-order valence-electron chi connectivity index (χ4n) is 1.74. The average molecular weight is 328 g/mol. The highest BCUT2D eigenvalue weighted by Crippen LogP contribution is 2.27. The van der Waals surface area contributed by atoms with Crippen molar-refractivity contribution in [2.24, 2.45) is 0 Å². The van der Waals surface area contributed by atoms with E-state index in [0.717, 1.165) is 23.5 Å². The lowest BCUT2D eigenvalue weighted by atomic mass is 10.2. The number of hydrogen-bond acceptors (Lipinski definition) is 6. The number of nitrogens with zero attached hydrogens (tertiary/aromatic N) is 1. The predicted molar refractivity (Wildman–Crippen MR) is 77.5 cm³/mol. The van der Waals surface area contributed by atoms with Gasteiger partial charge in [0, 0.05) is 6.07 Å². The molecule has 0 saturated carbocycles. The summed E-state index contributed by atoms with van der Waals surface area (Å²) in [6.45, 7) is 3.28. The molecule has 0 spiro atoms. The molecule has 0 aliphatic rings. The number of aromatic hydroxyl groups is 1. The summed E-state index contributed by atoms with van der Waals surface area (Å²) in [7, 11) is -3.83. The topological polar surface area (TPSA) is 117 Å². The van der Waals surface area contributed by atoms with Crippen molar-refractivity contribution in [3.63, 3.8) is 0 Å². The zero-order valence-electron chi connectivity index (χ0n) is 11.1. The van der Waals surface area contributed by atoms with Gasteiger partial charge in [0.2, 0.25) is 0 Å². The molecule has 0 saturated heterocycles. The van der Waals surface area contributed by atoms with E-state index in [1.54, 1.807) is 13.8 Å². The van der Waals surface area contributed by atoms with Crippen LogP contribution in [0.3, 0.4) is 0 Å². The van der Waals surface area contributed by atoms with Gasteiger partial charge >= 0.3 is 5.97 Å². The Morgan fingerprint density at radius 1 is 1.33 bits per heavy atom. The Labute approximate surface area is 125 Å². The highest BCUT2D eigenvalue weighted by Gasteiger charge is 2.21. The molecule has 1 aromatic heterocycles. The molecule has 112 valence electrons. The van der Waals surface area contributed by atoms with Gasteiger partial charge in [-0.15, -0.1) is 11.3 Å². The van der Waals surface area contributed by atoms with Gasteiger partial charge in [-0.1, -0.05) is 0 Å². The molecular weight excluding hydrogens is 316 g/mol. The molecule has 3 N–H and O–H groups in total. The third-order valence-electron chi connectivity index (χ3n) is 2.59. The van der Waals surface area contributed by atoms with Gasteiger partial charge in [0.25, 0.3) is 10.0 Å². The van der Waals surface area contributed by atoms with Crippen molar-refractivity contribution in [2.75, 3.05) is 4.72 Å². The van der Waals surface area contributed by atoms with Crippen molar-refractivity contribution in [2.45, 2.75) is 18.1 Å². The van der Waals surface area contributed by atoms with E-state index in [1.165, 1.54) is 6.07 Å². The number of carbonyl (C=O) groups is 1. The number of sulfonamides is 1. The largest absolute Gasteiger partial charge is 0.507 e. The van der Waals surface area contributed by atoms with E-state index in [1.807, 2.05) is 0 Å². The van der Waals surface area contributed by atoms with Crippen LogP contribution in [-0.4, -0.2) is 29.6 Å². The van der Waals surface area contributed by atoms with E-state index in [4.69, 9.17) is 5.11 Å². The molecule has 0 radical (unpaired) electrons. The second-order valence-corrected chi connectivity index (χ2v) is 7.33. The summed E-state index contributed by atoms with van der Waals surface area (Å²) in [6.07, 6.45) is 0. The van der Waals surface area contributed by atoms with E-state index in [2.05, 4.69) is 9.71 Å². The third-order valence-corrected chi connectivity index (χ3v) is 5.65. The van der Waals surface area contributed by atoms with Crippen LogP contribution in [0.5, 0.6) is 5.75 Å². The lowest BCUT2D eigenvalue weighted by molar-refractivity contribution is 0.0694. The van der Waals surface area contributed by atoms with Crippen molar-refractivity contribution in [1.29, 1.82) is 0 Å². The first-order valence-electron chi connectivity index (χ1n) is 5.74. The van der Waals surface area contributed by atoms with Gasteiger partial charge in [-0.3, -0.25) is 4.72 Å². The molecule has 21 heavy (non-hydrogen) atoms. The second-order valence-electron chi connectivity index (χ2n) is 4.25. The number of rotatable bonds is 4. The summed E-state index contributed by atoms with van der Waals surface area (Å²) in [5, 5.41) is 19.0. The van der Waals surface area contributed by atoms with Crippen molar-refractivity contribution >= 4 is 33.0 Å². The Kier molecular flexibility index (Phi) is 3.88. The molecule has 0 amide bonds. The molecule has 0 aliphatic heterocycles. The summed E-state index contributed by atoms with van der Waals surface area (Å²) in [6, 6.07) is 3.44. The van der Waals surface area contributed by atoms with E-state index >= 15 is 0 Å². The van der Waals surface area contributed by atoms with Crippen molar-refractivity contribution in [3.05, 3.63) is 34.5 Å². The van der Waals surface area contributed by atoms with Crippen LogP contribution in [0.4, 0.5) is 5.69 Å². The molecule has 0 atom stereocenters. The lowest BCUT2D eigenvalue weighted by Gasteiger charge is -2.08. The highest BCUT2D eigenvalue weighted by atomic mass is 32.2. The number of anilines is 1. The first-order valence-corrected chi connectivity index (χ1v) is 8.04. The Morgan fingerprint density at radius 3 is 2.48 bits per heavy atom. The lowest BCUT2D eigenvalue weighted by Crippen LogP contribution is -2.13. The number of nitrogens with one attached hydrogen (secondary N) is 1. The fourth-order valence-corrected chi connectivity index (χ4v) is 4.27. The molecule has 2 rings (SSSR count). The number of thiazole rings is 1. The monoisotopic (exact) mass is 328 g/mol. The maximum absolute atomic E-state index is 12.2. The van der Waals surface area contributed by atoms with Gasteiger partial charge in [-0.2, -0.15) is 0 Å². The first kappa shape index (κ1) is 15.3. The third kappa shape index (κ3) is 3.14. The van der Waals surface area contributed by atoms with Crippen molar-refractivity contribution < 1.29 is 23.4 Å². The molecule has 9 heteroatoms. The molecule has 1 heterocycles. The summed E-state index contributed by atoms with van der Waals surface area (Å²) in [4.78, 5) is 14.8. The number of aromatic nitrogens is 1. The molecule has 0 aliphatic carbocycles. The summed E-state index contributed by atoms with van der Waals surface area (Å²) < 4.78 is 26.8. The quantitative estimate of drug-likeness (QED) is 0.790. The maximum Gasteiger partial charge on any atom is 0.339 e. The smallest absolute Gasteiger partial charge is 0.339 e. The Balaban J connectivity index is 2.35. The van der Waals surface area contributed by atoms with Crippen LogP contribution in [-0.2, 0) is 10.0 Å². The van der Waals surface area contributed by atoms with Crippen molar-refractivity contribution in [3.8, 4) is 5.75 Å². The highest BCUT2D eigenvalue weighted by molar-refractivity contribution is 7.94. The molecular formula is C12H12N2O5S2. The molecule has 0 bridgehead atoms. The van der Waals surface area contributed by atoms with Gasteiger partial charge in [0.1, 0.15) is 11.3 Å². The van der Waals surface area contributed by atoms with E-state index in [-0.39, 0.29) is 15.5 Å². The number of phenols is 1. The zero-order valence-corrected chi connectivity index (χ0v) is 12.7. The van der Waals surface area contributed by atoms with Crippen LogP contribution in [0.15, 0.2) is 22.4 Å². The molecule has 1 aromatic carbocycles. The van der Waals surface area contributed by atoms with Gasteiger partial charge in [0.15, 0.2) is 4.21 Å². The van der Waals surface area contributed by atoms with Crippen LogP contribution in [0.2, 0.25) is 0 Å². The minimum Gasteiger partial charge on any atom is -0.507 e. The average Bonchev–Trinajstić information content (AvgIpc) is 2.68. The Hall–Kier alpha value is -2.13. The molecule has 0 unspecified atom stereocenters. The SMILES string of the molecule is Cc1nc(C)c(S(=O)(=O)Nc2ccc(C(=O)O)c(O)c2)s1. The van der Waals surface area contributed by atoms with E-state index in [0.29, 0.717) is 10.7 Å². The minimum absolute atomic E-state index is 0.0722. The van der Waals surface area contributed by atoms with Gasteiger partial charge in [-0.25, -0.2) is 18.2 Å². The Bertz CT molecular complexity index is 811. The van der Waals surface area contributed by atoms with Gasteiger partial charge in [-0.05, 0) is 26.0 Å². The number of hydrogen-bond donors (Lipinski definition) is 3. The van der Waals surface area contributed by atoms with Crippen LogP contribution in [0.1, 0.15) is 21.1 Å². The van der Waals surface area contributed by atoms with Crippen LogP contribution in [0.25, 0.3) is 0 Å². The second kappa shape index (κ2) is 5.34. The molecule has 7 nitrogen and oxygen atoms in total. The predicted octanol–water partition coefficient (Wildman–Crippen LogP) is 1.96. The zero-order chi connectivity index (χ0) is 15.8. The summed E-state index contributed by atoms with van der Waals surface area (Å²) >= 11 is 1.03. The number of aromatic carboxylic acids is 1. The van der Waals surface area contributed by atoms with E-state index < -0.39 is 21.7 Å². The summed E-state index contributed by atoms with van der Waals surface area (Å²) in [5.74, 6) is -1.81. The maximum atomic E-state index is 12.2. The fraction of sp³-hybridized carbons (Fsp3) is 0.167. The minimum atomic E-state index is -3.83. The molecule has 2 aromatic rings. The van der Waals surface area contributed by atoms with Crippen LogP contribution < -0.4 is 4.72 Å². The summed E-state index contributed by atoms with van der Waals surface area (Å²) in [5.41, 5.74) is 0.155. The number of carboxylic acids is 1. The Morgan fingerprint density at radius 2 is 2.00 bits per heavy atom. The molecule has 0 fully saturated rings. The van der Waals surface area contributed by atoms with Crippen molar-refractivity contribution in [1.82, 2.24) is 4.98 Å². The van der Waals surface area contributed by atoms with Gasteiger partial charge in [0.05, 0.1) is 16.4 Å². The van der Waals surface area contributed by atoms with Crippen LogP contribution >= 0.6 is 11.3 Å². The number of carboxylic acid groups (broad SMARTS) is 1. The van der Waals surface area contributed by atoms with Gasteiger partial charge < -0.3 is 10.2 Å². The number of benzene rings is 1.